The van der Waals surface area contributed by atoms with Gasteiger partial charge in [0.05, 0.1) is 0 Å². The summed E-state index contributed by atoms with van der Waals surface area (Å²) in [5, 5.41) is 8.34. The lowest BCUT2D eigenvalue weighted by atomic mass is 10.0. The molecule has 2 aromatic carbocycles. The van der Waals surface area contributed by atoms with Gasteiger partial charge in [0.1, 0.15) is 5.65 Å². The Morgan fingerprint density at radius 3 is 2.56 bits per heavy atom. The van der Waals surface area contributed by atoms with Gasteiger partial charge in [0.15, 0.2) is 6.40 Å². The Labute approximate surface area is 230 Å². The number of piperazine rings is 1. The van der Waals surface area contributed by atoms with E-state index in [1.807, 2.05) is 31.2 Å². The zero-order valence-electron chi connectivity index (χ0n) is 21.8. The van der Waals surface area contributed by atoms with Crippen LogP contribution in [0.1, 0.15) is 18.7 Å². The molecule has 4 aromatic rings. The monoisotopic (exact) mass is 544 g/mol. The van der Waals surface area contributed by atoms with E-state index in [2.05, 4.69) is 49.8 Å². The van der Waals surface area contributed by atoms with Crippen LogP contribution >= 0.6 is 11.6 Å². The van der Waals surface area contributed by atoms with Gasteiger partial charge in [-0.25, -0.2) is 4.98 Å². The van der Waals surface area contributed by atoms with Gasteiger partial charge in [-0.3, -0.25) is 14.8 Å². The van der Waals surface area contributed by atoms with Gasteiger partial charge in [0.2, 0.25) is 12.2 Å². The molecule has 1 saturated heterocycles. The molecule has 2 aliphatic heterocycles. The molecule has 0 spiro atoms. The Hall–Kier alpha value is -4.15. The van der Waals surface area contributed by atoms with Crippen molar-refractivity contribution in [3.05, 3.63) is 75.7 Å². The predicted molar refractivity (Wildman–Crippen MR) is 155 cm³/mol. The highest BCUT2D eigenvalue weighted by atomic mass is 35.5. The van der Waals surface area contributed by atoms with Gasteiger partial charge in [-0.05, 0) is 50.4 Å². The van der Waals surface area contributed by atoms with Gasteiger partial charge in [0.25, 0.3) is 5.56 Å². The van der Waals surface area contributed by atoms with Crippen molar-refractivity contribution in [3.8, 4) is 11.1 Å². The fourth-order valence-corrected chi connectivity index (χ4v) is 5.23. The van der Waals surface area contributed by atoms with Crippen LogP contribution in [0.4, 0.5) is 17.3 Å². The van der Waals surface area contributed by atoms with Gasteiger partial charge in [-0.15, -0.1) is 5.10 Å². The molecular formula is C28H29ClN8O2. The van der Waals surface area contributed by atoms with E-state index >= 15 is 0 Å². The minimum absolute atomic E-state index is 0.167. The molecule has 39 heavy (non-hydrogen) atoms. The van der Waals surface area contributed by atoms with E-state index < -0.39 is 6.23 Å². The summed E-state index contributed by atoms with van der Waals surface area (Å²) in [4.78, 5) is 27.5. The number of nitrogens with one attached hydrogen (secondary N) is 2. The number of pyridine rings is 1. The van der Waals surface area contributed by atoms with Gasteiger partial charge >= 0.3 is 0 Å². The van der Waals surface area contributed by atoms with Crippen molar-refractivity contribution < 1.29 is 4.74 Å². The van der Waals surface area contributed by atoms with Crippen molar-refractivity contribution >= 4 is 46.4 Å². The average Bonchev–Trinajstić information content (AvgIpc) is 3.49. The Morgan fingerprint density at radius 1 is 1.08 bits per heavy atom. The molecule has 6 rings (SSSR count). The molecular weight excluding hydrogens is 516 g/mol. The molecule has 1 unspecified atom stereocenters. The van der Waals surface area contributed by atoms with Crippen LogP contribution in [0.25, 0.3) is 22.2 Å². The number of anilines is 3. The van der Waals surface area contributed by atoms with Crippen LogP contribution in [0.3, 0.4) is 0 Å². The number of rotatable bonds is 6. The molecule has 0 saturated carbocycles. The summed E-state index contributed by atoms with van der Waals surface area (Å²) < 4.78 is 7.04. The fraction of sp³-hybridized carbons (Fsp3) is 0.286. The van der Waals surface area contributed by atoms with Crippen LogP contribution in [0, 0.1) is 0 Å². The number of hydrogen-bond acceptors (Lipinski definition) is 9. The number of hydrazone groups is 1. The minimum Gasteiger partial charge on any atom is -0.453 e. The molecule has 2 aromatic heterocycles. The van der Waals surface area contributed by atoms with Crippen LogP contribution in [0.5, 0.6) is 0 Å². The first-order chi connectivity index (χ1) is 19.0. The Morgan fingerprint density at radius 2 is 1.87 bits per heavy atom. The van der Waals surface area contributed by atoms with E-state index in [-0.39, 0.29) is 5.56 Å². The summed E-state index contributed by atoms with van der Waals surface area (Å²) >= 11 is 6.62. The minimum atomic E-state index is -0.400. The molecule has 200 valence electrons. The number of ether oxygens (including phenoxy) is 1. The van der Waals surface area contributed by atoms with Gasteiger partial charge in [0, 0.05) is 77.4 Å². The smallest absolute Gasteiger partial charge is 0.260 e. The van der Waals surface area contributed by atoms with Crippen LogP contribution in [0.15, 0.2) is 64.6 Å². The second-order valence-electron chi connectivity index (χ2n) is 9.66. The van der Waals surface area contributed by atoms with Crippen molar-refractivity contribution in [1.82, 2.24) is 24.9 Å². The molecule has 0 bridgehead atoms. The van der Waals surface area contributed by atoms with Crippen molar-refractivity contribution in [1.29, 1.82) is 0 Å². The molecule has 0 radical (unpaired) electrons. The van der Waals surface area contributed by atoms with E-state index in [1.54, 1.807) is 22.9 Å². The lowest BCUT2D eigenvalue weighted by Gasteiger charge is -2.34. The first-order valence-electron chi connectivity index (χ1n) is 12.9. The molecule has 0 amide bonds. The average molecular weight is 545 g/mol. The summed E-state index contributed by atoms with van der Waals surface area (Å²) in [5.41, 5.74) is 7.26. The third-order valence-corrected chi connectivity index (χ3v) is 7.48. The summed E-state index contributed by atoms with van der Waals surface area (Å²) in [6.45, 7) is 6.53. The summed E-state index contributed by atoms with van der Waals surface area (Å²) in [6.07, 6.45) is 2.68. The maximum absolute atomic E-state index is 13.5. The second-order valence-corrected chi connectivity index (χ2v) is 10.1. The Bertz CT molecular complexity index is 1590. The van der Waals surface area contributed by atoms with Crippen molar-refractivity contribution in [2.45, 2.75) is 19.7 Å². The number of halogens is 1. The number of fused-ring (bicyclic) bond motifs is 1. The number of nitrogens with zero attached hydrogens (tertiary/aromatic N) is 6. The number of benzene rings is 2. The quantitative estimate of drug-likeness (QED) is 0.373. The number of hydrogen-bond donors (Lipinski definition) is 2. The SMILES string of the molecule is CCn1c(=O)c(-c2ccc(C3NN=CO3)cc2Cl)cc2cnc(Nc3ccc(N4CCN(C)CC4)cc3)nc21. The predicted octanol–water partition coefficient (Wildman–Crippen LogP) is 4.19. The second kappa shape index (κ2) is 10.5. The third-order valence-electron chi connectivity index (χ3n) is 7.16. The van der Waals surface area contributed by atoms with E-state index in [9.17, 15) is 4.79 Å². The lowest BCUT2D eigenvalue weighted by molar-refractivity contribution is 0.199. The molecule has 0 aliphatic carbocycles. The topological polar surface area (TPSA) is 99.9 Å². The molecule has 11 heteroatoms. The first-order valence-corrected chi connectivity index (χ1v) is 13.3. The lowest BCUT2D eigenvalue weighted by Crippen LogP contribution is -2.44. The van der Waals surface area contributed by atoms with Crippen LogP contribution in [-0.4, -0.2) is 59.1 Å². The highest BCUT2D eigenvalue weighted by molar-refractivity contribution is 6.33. The zero-order valence-corrected chi connectivity index (χ0v) is 22.5. The van der Waals surface area contributed by atoms with Crippen molar-refractivity contribution in [2.75, 3.05) is 43.4 Å². The third kappa shape index (κ3) is 5.00. The normalized spacial score (nSPS) is 17.3. The van der Waals surface area contributed by atoms with Crippen LogP contribution in [-0.2, 0) is 11.3 Å². The van der Waals surface area contributed by atoms with Gasteiger partial charge < -0.3 is 19.9 Å². The fourth-order valence-electron chi connectivity index (χ4n) is 4.94. The maximum Gasteiger partial charge on any atom is 0.260 e. The summed E-state index contributed by atoms with van der Waals surface area (Å²) in [7, 11) is 2.15. The Balaban J connectivity index is 1.27. The molecule has 10 nitrogen and oxygen atoms in total. The van der Waals surface area contributed by atoms with Crippen molar-refractivity contribution in [2.24, 2.45) is 5.10 Å². The molecule has 2 aliphatic rings. The Kier molecular flexibility index (Phi) is 6.80. The van der Waals surface area contributed by atoms with E-state index in [0.717, 1.165) is 42.8 Å². The largest absolute Gasteiger partial charge is 0.453 e. The summed E-state index contributed by atoms with van der Waals surface area (Å²) in [6, 6.07) is 15.6. The molecule has 4 heterocycles. The number of aromatic nitrogens is 3. The van der Waals surface area contributed by atoms with Gasteiger partial charge in [-0.1, -0.05) is 23.7 Å². The number of aryl methyl sites for hydroxylation is 1. The van der Waals surface area contributed by atoms with E-state index in [0.29, 0.717) is 34.3 Å². The van der Waals surface area contributed by atoms with Crippen molar-refractivity contribution in [3.63, 3.8) is 0 Å². The zero-order chi connectivity index (χ0) is 26.9. The molecule has 2 N–H and O–H groups in total. The molecule has 1 fully saturated rings. The number of likely N-dealkylation sites (N-methyl/N-ethyl adjacent to an activating group) is 1. The van der Waals surface area contributed by atoms with E-state index in [4.69, 9.17) is 21.3 Å². The van der Waals surface area contributed by atoms with Crippen LogP contribution < -0.4 is 21.2 Å². The highest BCUT2D eigenvalue weighted by Gasteiger charge is 2.19. The van der Waals surface area contributed by atoms with Gasteiger partial charge in [-0.2, -0.15) is 4.98 Å². The maximum atomic E-state index is 13.5. The molecule has 1 atom stereocenters. The highest BCUT2D eigenvalue weighted by Crippen LogP contribution is 2.31. The van der Waals surface area contributed by atoms with E-state index in [1.165, 1.54) is 12.1 Å². The standard InChI is InChI=1S/C28H29ClN8O2/c1-3-37-25-19(14-23(27(37)38)22-9-4-18(15-24(22)29)26-34-31-17-39-26)16-30-28(33-25)32-20-5-7-21(8-6-20)36-12-10-35(2)11-13-36/h4-9,14-17,26,34H,3,10-13H2,1-2H3,(H,30,32,33). The first kappa shape index (κ1) is 25.1. The summed E-state index contributed by atoms with van der Waals surface area (Å²) in [5.74, 6) is 0.429. The van der Waals surface area contributed by atoms with Crippen LogP contribution in [0.2, 0.25) is 5.02 Å².